The zero-order valence-corrected chi connectivity index (χ0v) is 11.3. The molecule has 0 bridgehead atoms. The third-order valence-electron chi connectivity index (χ3n) is 3.40. The number of benzene rings is 1. The molecular weight excluding hydrogens is 210 g/mol. The monoisotopic (exact) mass is 231 g/mol. The molecule has 0 aliphatic heterocycles. The second-order valence-corrected chi connectivity index (χ2v) is 6.06. The van der Waals surface area contributed by atoms with Gasteiger partial charge in [-0.25, -0.2) is 0 Å². The van der Waals surface area contributed by atoms with E-state index < -0.39 is 0 Å². The zero-order chi connectivity index (χ0) is 12.8. The molecule has 1 aliphatic rings. The van der Waals surface area contributed by atoms with Crippen molar-refractivity contribution in [3.63, 3.8) is 0 Å². The van der Waals surface area contributed by atoms with E-state index in [1.54, 1.807) is 0 Å². The van der Waals surface area contributed by atoms with Crippen molar-refractivity contribution >= 4 is 5.78 Å². The number of fused-ring (bicyclic) bond motifs is 1. The number of rotatable bonds is 1. The van der Waals surface area contributed by atoms with E-state index in [0.29, 0.717) is 0 Å². The maximum atomic E-state index is 12.2. The van der Waals surface area contributed by atoms with E-state index in [2.05, 4.69) is 39.1 Å². The summed E-state index contributed by atoms with van der Waals surface area (Å²) in [5.41, 5.74) is 3.32. The first-order valence-corrected chi connectivity index (χ1v) is 6.22. The largest absolute Gasteiger partial charge is 0.305 e. The molecule has 0 fully saturated rings. The highest BCUT2D eigenvalue weighted by atomic mass is 16.1. The van der Waals surface area contributed by atoms with Crippen molar-refractivity contribution in [3.05, 3.63) is 34.9 Å². The molecule has 0 spiro atoms. The average Bonchev–Trinajstić information content (AvgIpc) is 2.43. The quantitative estimate of drug-likeness (QED) is 0.803. The Morgan fingerprint density at radius 2 is 1.88 bits per heavy atom. The van der Waals surface area contributed by atoms with Gasteiger partial charge in [0.1, 0.15) is 0 Å². The van der Waals surface area contributed by atoms with E-state index >= 15 is 0 Å². The predicted molar refractivity (Wildman–Crippen MR) is 70.3 cm³/mol. The van der Waals surface area contributed by atoms with Crippen LogP contribution < -0.4 is 5.32 Å². The summed E-state index contributed by atoms with van der Waals surface area (Å²) < 4.78 is 0. The van der Waals surface area contributed by atoms with Crippen LogP contribution in [0.15, 0.2) is 18.2 Å². The fourth-order valence-electron chi connectivity index (χ4n) is 2.62. The Bertz CT molecular complexity index is 456. The minimum atomic E-state index is 0.0170. The average molecular weight is 231 g/mol. The number of aryl methyl sites for hydroxylation is 1. The van der Waals surface area contributed by atoms with Crippen molar-refractivity contribution in [1.82, 2.24) is 5.32 Å². The highest BCUT2D eigenvalue weighted by Crippen LogP contribution is 2.38. The molecule has 2 unspecified atom stereocenters. The summed E-state index contributed by atoms with van der Waals surface area (Å²) in [7, 11) is 0. The molecule has 2 heteroatoms. The molecule has 0 heterocycles. The number of hydrogen-bond donors (Lipinski definition) is 1. The normalized spacial score (nSPS) is 23.9. The number of nitrogens with one attached hydrogen (secondary N) is 1. The van der Waals surface area contributed by atoms with Crippen molar-refractivity contribution in [1.29, 1.82) is 0 Å². The molecule has 0 amide bonds. The van der Waals surface area contributed by atoms with Crippen molar-refractivity contribution < 1.29 is 4.79 Å². The molecule has 2 rings (SSSR count). The van der Waals surface area contributed by atoms with Gasteiger partial charge in [-0.3, -0.25) is 4.79 Å². The van der Waals surface area contributed by atoms with Gasteiger partial charge < -0.3 is 5.32 Å². The minimum absolute atomic E-state index is 0.0170. The highest BCUT2D eigenvalue weighted by Gasteiger charge is 2.38. The lowest BCUT2D eigenvalue weighted by atomic mass is 9.95. The Hall–Kier alpha value is -1.15. The van der Waals surface area contributed by atoms with Gasteiger partial charge in [0.2, 0.25) is 0 Å². The standard InChI is InChI=1S/C15H21NO/c1-9-7-6-8-11-12(9)13(10(2)14(11)17)16-15(3,4)5/h6-8,10,13,16H,1-5H3. The Morgan fingerprint density at radius 1 is 1.24 bits per heavy atom. The number of carbonyl (C=O) groups excluding carboxylic acids is 1. The molecule has 2 nitrogen and oxygen atoms in total. The summed E-state index contributed by atoms with van der Waals surface area (Å²) in [6.07, 6.45) is 0. The van der Waals surface area contributed by atoms with E-state index in [0.717, 1.165) is 5.56 Å². The van der Waals surface area contributed by atoms with Crippen LogP contribution in [-0.4, -0.2) is 11.3 Å². The molecule has 0 saturated carbocycles. The van der Waals surface area contributed by atoms with Crippen LogP contribution in [0.25, 0.3) is 0 Å². The SMILES string of the molecule is Cc1cccc2c1C(NC(C)(C)C)C(C)C2=O. The molecule has 0 saturated heterocycles. The second kappa shape index (κ2) is 3.95. The maximum absolute atomic E-state index is 12.2. The fraction of sp³-hybridized carbons (Fsp3) is 0.533. The maximum Gasteiger partial charge on any atom is 0.167 e. The van der Waals surface area contributed by atoms with E-state index in [-0.39, 0.29) is 23.3 Å². The third kappa shape index (κ3) is 2.14. The summed E-state index contributed by atoms with van der Waals surface area (Å²) in [5, 5.41) is 3.57. The molecule has 1 aromatic rings. The Morgan fingerprint density at radius 3 is 2.47 bits per heavy atom. The van der Waals surface area contributed by atoms with Crippen LogP contribution in [0.3, 0.4) is 0 Å². The van der Waals surface area contributed by atoms with Gasteiger partial charge >= 0.3 is 0 Å². The first kappa shape index (κ1) is 12.3. The Kier molecular flexibility index (Phi) is 2.86. The molecular formula is C15H21NO. The smallest absolute Gasteiger partial charge is 0.167 e. The summed E-state index contributed by atoms with van der Waals surface area (Å²) in [6.45, 7) is 10.5. The second-order valence-electron chi connectivity index (χ2n) is 6.06. The number of carbonyl (C=O) groups is 1. The molecule has 17 heavy (non-hydrogen) atoms. The number of hydrogen-bond acceptors (Lipinski definition) is 2. The lowest BCUT2D eigenvalue weighted by Crippen LogP contribution is -2.40. The Labute approximate surface area is 103 Å². The van der Waals surface area contributed by atoms with E-state index in [4.69, 9.17) is 0 Å². The predicted octanol–water partition coefficient (Wildman–Crippen LogP) is 3.26. The van der Waals surface area contributed by atoms with Crippen LogP contribution in [0.2, 0.25) is 0 Å². The topological polar surface area (TPSA) is 29.1 Å². The molecule has 2 atom stereocenters. The molecule has 1 N–H and O–H groups in total. The summed E-state index contributed by atoms with van der Waals surface area (Å²) in [6, 6.07) is 6.16. The summed E-state index contributed by atoms with van der Waals surface area (Å²) in [5.74, 6) is 0.302. The van der Waals surface area contributed by atoms with Gasteiger partial charge in [-0.05, 0) is 38.8 Å². The van der Waals surface area contributed by atoms with Crippen LogP contribution in [0.5, 0.6) is 0 Å². The van der Waals surface area contributed by atoms with Gasteiger partial charge in [0.05, 0.1) is 0 Å². The van der Waals surface area contributed by atoms with E-state index in [9.17, 15) is 4.79 Å². The Balaban J connectivity index is 2.47. The zero-order valence-electron chi connectivity index (χ0n) is 11.3. The van der Waals surface area contributed by atoms with Crippen molar-refractivity contribution in [2.45, 2.75) is 46.2 Å². The van der Waals surface area contributed by atoms with Gasteiger partial charge in [0, 0.05) is 23.1 Å². The lowest BCUT2D eigenvalue weighted by molar-refractivity contribution is 0.0920. The highest BCUT2D eigenvalue weighted by molar-refractivity contribution is 6.03. The summed E-state index contributed by atoms with van der Waals surface area (Å²) >= 11 is 0. The third-order valence-corrected chi connectivity index (χ3v) is 3.40. The summed E-state index contributed by atoms with van der Waals surface area (Å²) in [4.78, 5) is 12.2. The number of Topliss-reactive ketones (excluding diaryl/α,β-unsaturated/α-hetero) is 1. The van der Waals surface area contributed by atoms with Gasteiger partial charge in [0.15, 0.2) is 5.78 Å². The van der Waals surface area contributed by atoms with Crippen LogP contribution in [0.1, 0.15) is 55.2 Å². The van der Waals surface area contributed by atoms with Gasteiger partial charge in [-0.2, -0.15) is 0 Å². The van der Waals surface area contributed by atoms with Crippen LogP contribution in [-0.2, 0) is 0 Å². The molecule has 0 aromatic heterocycles. The molecule has 0 radical (unpaired) electrons. The number of ketones is 1. The molecule has 1 aromatic carbocycles. The first-order chi connectivity index (χ1) is 7.81. The van der Waals surface area contributed by atoms with Crippen LogP contribution in [0.4, 0.5) is 0 Å². The van der Waals surface area contributed by atoms with Crippen molar-refractivity contribution in [3.8, 4) is 0 Å². The lowest BCUT2D eigenvalue weighted by Gasteiger charge is -2.29. The minimum Gasteiger partial charge on any atom is -0.305 e. The molecule has 92 valence electrons. The molecule has 1 aliphatic carbocycles. The fourth-order valence-corrected chi connectivity index (χ4v) is 2.62. The van der Waals surface area contributed by atoms with Crippen molar-refractivity contribution in [2.75, 3.05) is 0 Å². The van der Waals surface area contributed by atoms with Crippen LogP contribution in [0, 0.1) is 12.8 Å². The first-order valence-electron chi connectivity index (χ1n) is 6.22. The van der Waals surface area contributed by atoms with Gasteiger partial charge in [0.25, 0.3) is 0 Å². The van der Waals surface area contributed by atoms with Crippen molar-refractivity contribution in [2.24, 2.45) is 5.92 Å². The van der Waals surface area contributed by atoms with Gasteiger partial charge in [-0.15, -0.1) is 0 Å². The van der Waals surface area contributed by atoms with Gasteiger partial charge in [-0.1, -0.05) is 25.1 Å². The van der Waals surface area contributed by atoms with Crippen LogP contribution >= 0.6 is 0 Å². The van der Waals surface area contributed by atoms with E-state index in [1.165, 1.54) is 11.1 Å². The van der Waals surface area contributed by atoms with E-state index in [1.807, 2.05) is 19.1 Å².